The molecule has 1 aliphatic carbocycles. The van der Waals surface area contributed by atoms with Crippen molar-refractivity contribution in [2.75, 3.05) is 12.1 Å². The molecule has 3 aromatic rings. The number of anilines is 1. The van der Waals surface area contributed by atoms with E-state index in [1.807, 2.05) is 48.5 Å². The monoisotopic (exact) mass is 429 g/mol. The number of nitrogens with one attached hydrogen (secondary N) is 1. The normalized spacial score (nSPS) is 15.3. The first-order valence-electron chi connectivity index (χ1n) is 10.9. The van der Waals surface area contributed by atoms with Gasteiger partial charge in [0, 0.05) is 20.5 Å². The van der Waals surface area contributed by atoms with E-state index in [0.29, 0.717) is 6.42 Å². The first-order valence-corrected chi connectivity index (χ1v) is 10.9. The van der Waals surface area contributed by atoms with Crippen LogP contribution in [-0.2, 0) is 21.4 Å². The van der Waals surface area contributed by atoms with Gasteiger partial charge in [0.15, 0.2) is 11.5 Å². The zero-order valence-corrected chi connectivity index (χ0v) is 18.2. The summed E-state index contributed by atoms with van der Waals surface area (Å²) in [5.74, 6) is 1.62. The second-order valence-corrected chi connectivity index (χ2v) is 8.66. The van der Waals surface area contributed by atoms with Gasteiger partial charge in [-0.05, 0) is 71.8 Å². The van der Waals surface area contributed by atoms with Crippen molar-refractivity contribution in [2.45, 2.75) is 38.5 Å². The second-order valence-electron chi connectivity index (χ2n) is 8.66. The molecule has 5 heteroatoms. The first-order chi connectivity index (χ1) is 15.4. The van der Waals surface area contributed by atoms with Crippen molar-refractivity contribution < 1.29 is 20.5 Å². The van der Waals surface area contributed by atoms with Crippen molar-refractivity contribution in [1.29, 1.82) is 0 Å². The summed E-state index contributed by atoms with van der Waals surface area (Å²) in [6.07, 6.45) is 2.13. The summed E-state index contributed by atoms with van der Waals surface area (Å²) in [6.45, 7) is 3.80. The first kappa shape index (κ1) is 20.3. The molecule has 3 aromatic carbocycles. The van der Waals surface area contributed by atoms with Gasteiger partial charge in [-0.2, -0.15) is 0 Å². The van der Waals surface area contributed by atoms with Gasteiger partial charge in [0.05, 0.1) is 5.41 Å². The molecule has 0 bridgehead atoms. The van der Waals surface area contributed by atoms with Crippen LogP contribution in [0.5, 0.6) is 11.5 Å². The molecule has 164 valence electrons. The quantitative estimate of drug-likeness (QED) is 0.567. The highest BCUT2D eigenvalue weighted by Crippen LogP contribution is 2.51. The van der Waals surface area contributed by atoms with E-state index < -0.39 is 5.41 Å². The highest BCUT2D eigenvalue weighted by Gasteiger charge is 2.50. The van der Waals surface area contributed by atoms with Crippen LogP contribution in [0.4, 0.5) is 5.69 Å². The molecule has 0 radical (unpaired) electrons. The van der Waals surface area contributed by atoms with Crippen LogP contribution in [0, 0.1) is 6.92 Å². The Balaban J connectivity index is 0.00000259. The molecule has 1 amide bonds. The third-order valence-electron chi connectivity index (χ3n) is 6.39. The van der Waals surface area contributed by atoms with Gasteiger partial charge in [0.1, 0.15) is 5.78 Å². The van der Waals surface area contributed by atoms with Crippen LogP contribution in [0.2, 0.25) is 0 Å². The molecule has 2 aliphatic rings. The fourth-order valence-electron chi connectivity index (χ4n) is 4.43. The van der Waals surface area contributed by atoms with Crippen LogP contribution in [0.1, 0.15) is 37.9 Å². The molecule has 1 fully saturated rings. The van der Waals surface area contributed by atoms with Gasteiger partial charge in [-0.3, -0.25) is 9.59 Å². The van der Waals surface area contributed by atoms with Gasteiger partial charge < -0.3 is 14.8 Å². The Morgan fingerprint density at radius 2 is 1.72 bits per heavy atom. The smallest absolute Gasteiger partial charge is 0.231 e. The molecule has 1 N–H and O–H groups in total. The van der Waals surface area contributed by atoms with Crippen LogP contribution in [0.15, 0.2) is 60.7 Å². The average molecular weight is 430 g/mol. The van der Waals surface area contributed by atoms with E-state index in [-0.39, 0.29) is 19.9 Å². The van der Waals surface area contributed by atoms with E-state index in [1.54, 1.807) is 0 Å². The van der Waals surface area contributed by atoms with Crippen molar-refractivity contribution in [3.63, 3.8) is 0 Å². The molecule has 0 spiro atoms. The minimum absolute atomic E-state index is 0. The zero-order chi connectivity index (χ0) is 22.3. The lowest BCUT2D eigenvalue weighted by molar-refractivity contribution is -0.120. The zero-order valence-electron chi connectivity index (χ0n) is 18.2. The number of hydrogen-bond donors (Lipinski definition) is 1. The summed E-state index contributed by atoms with van der Waals surface area (Å²) in [5, 5.41) is 2.79. The van der Waals surface area contributed by atoms with Gasteiger partial charge >= 0.3 is 0 Å². The van der Waals surface area contributed by atoms with Crippen LogP contribution < -0.4 is 14.8 Å². The lowest BCUT2D eigenvalue weighted by Crippen LogP contribution is -2.22. The Hall–Kier alpha value is -3.60. The van der Waals surface area contributed by atoms with Gasteiger partial charge in [-0.25, -0.2) is 0 Å². The molecule has 1 saturated carbocycles. The fourth-order valence-corrected chi connectivity index (χ4v) is 4.43. The van der Waals surface area contributed by atoms with E-state index in [9.17, 15) is 9.59 Å². The molecule has 0 unspecified atom stereocenters. The molecule has 0 saturated heterocycles. The minimum atomic E-state index is -0.411. The number of Topliss-reactive ketones (excluding diaryl/α,β-unsaturated/α-hetero) is 1. The predicted molar refractivity (Wildman–Crippen MR) is 125 cm³/mol. The van der Waals surface area contributed by atoms with Gasteiger partial charge in [-0.15, -0.1) is 0 Å². The van der Waals surface area contributed by atoms with Crippen molar-refractivity contribution in [3.8, 4) is 22.6 Å². The standard InChI is InChI=1S/C27H25NO4.H2/c1-17-3-4-19(13-23(17)20-5-8-22(9-6-20)28-18(2)29)14-26(30)27(11-12-27)21-7-10-24-25(15-21)32-16-31-24;/h3-10,13,15H,11-12,14,16H2,1-2H3,(H,28,29);1H. The maximum absolute atomic E-state index is 13.4. The SMILES string of the molecule is CC(=O)Nc1ccc(-c2cc(CC(=O)C3(c4ccc5c(c4)OCO5)CC3)ccc2C)cc1.[HH]. The molecule has 5 rings (SSSR count). The Morgan fingerprint density at radius 1 is 0.969 bits per heavy atom. The topological polar surface area (TPSA) is 64.6 Å². The van der Waals surface area contributed by atoms with E-state index in [1.165, 1.54) is 6.92 Å². The summed E-state index contributed by atoms with van der Waals surface area (Å²) >= 11 is 0. The molecule has 0 atom stereocenters. The van der Waals surface area contributed by atoms with E-state index >= 15 is 0 Å². The average Bonchev–Trinajstić information content (AvgIpc) is 3.46. The fraction of sp³-hybridized carbons (Fsp3) is 0.259. The van der Waals surface area contributed by atoms with Crippen LogP contribution in [-0.4, -0.2) is 18.5 Å². The van der Waals surface area contributed by atoms with Crippen molar-refractivity contribution >= 4 is 17.4 Å². The number of hydrogen-bond acceptors (Lipinski definition) is 4. The van der Waals surface area contributed by atoms with Crippen LogP contribution >= 0.6 is 0 Å². The maximum Gasteiger partial charge on any atom is 0.231 e. The number of benzene rings is 3. The molecular formula is C27H27NO4. The Bertz CT molecular complexity index is 1220. The van der Waals surface area contributed by atoms with E-state index in [4.69, 9.17) is 9.47 Å². The van der Waals surface area contributed by atoms with E-state index in [0.717, 1.165) is 57.8 Å². The van der Waals surface area contributed by atoms with Crippen molar-refractivity contribution in [1.82, 2.24) is 0 Å². The number of ether oxygens (including phenoxy) is 2. The third kappa shape index (κ3) is 3.75. The number of amides is 1. The molecular weight excluding hydrogens is 402 g/mol. The van der Waals surface area contributed by atoms with Gasteiger partial charge in [0.25, 0.3) is 0 Å². The number of ketones is 1. The summed E-state index contributed by atoms with van der Waals surface area (Å²) in [6, 6.07) is 19.9. The van der Waals surface area contributed by atoms with Gasteiger partial charge in [-0.1, -0.05) is 36.4 Å². The van der Waals surface area contributed by atoms with Crippen molar-refractivity contribution in [3.05, 3.63) is 77.4 Å². The number of carbonyl (C=O) groups excluding carboxylic acids is 2. The number of aryl methyl sites for hydroxylation is 1. The predicted octanol–water partition coefficient (Wildman–Crippen LogP) is 5.44. The molecule has 1 aliphatic heterocycles. The minimum Gasteiger partial charge on any atom is -0.454 e. The third-order valence-corrected chi connectivity index (χ3v) is 6.39. The largest absolute Gasteiger partial charge is 0.454 e. The summed E-state index contributed by atoms with van der Waals surface area (Å²) in [4.78, 5) is 24.6. The Kier molecular flexibility index (Phi) is 4.97. The molecule has 32 heavy (non-hydrogen) atoms. The lowest BCUT2D eigenvalue weighted by Gasteiger charge is -2.16. The Morgan fingerprint density at radius 3 is 2.44 bits per heavy atom. The van der Waals surface area contributed by atoms with E-state index in [2.05, 4.69) is 24.4 Å². The molecule has 0 aromatic heterocycles. The van der Waals surface area contributed by atoms with Crippen molar-refractivity contribution in [2.24, 2.45) is 0 Å². The van der Waals surface area contributed by atoms with Crippen LogP contribution in [0.25, 0.3) is 11.1 Å². The summed E-state index contributed by atoms with van der Waals surface area (Å²) in [5.41, 5.74) is 5.68. The Labute approximate surface area is 188 Å². The molecule has 1 heterocycles. The molecule has 5 nitrogen and oxygen atoms in total. The lowest BCUT2D eigenvalue weighted by atomic mass is 9.87. The summed E-state index contributed by atoms with van der Waals surface area (Å²) in [7, 11) is 0. The highest BCUT2D eigenvalue weighted by atomic mass is 16.7. The number of carbonyl (C=O) groups is 2. The second kappa shape index (κ2) is 7.83. The highest BCUT2D eigenvalue weighted by molar-refractivity contribution is 5.95. The number of fused-ring (bicyclic) bond motifs is 1. The van der Waals surface area contributed by atoms with Gasteiger partial charge in [0.2, 0.25) is 12.7 Å². The summed E-state index contributed by atoms with van der Waals surface area (Å²) < 4.78 is 10.9. The number of rotatable bonds is 6. The maximum atomic E-state index is 13.4. The van der Waals surface area contributed by atoms with Crippen LogP contribution in [0.3, 0.4) is 0 Å².